The van der Waals surface area contributed by atoms with Crippen molar-refractivity contribution in [3.63, 3.8) is 0 Å². The molecule has 28 heavy (non-hydrogen) atoms. The molecule has 0 saturated carbocycles. The highest BCUT2D eigenvalue weighted by atomic mass is 35.5. The Kier molecular flexibility index (Phi) is 5.26. The zero-order valence-corrected chi connectivity index (χ0v) is 17.0. The zero-order valence-electron chi connectivity index (χ0n) is 15.5. The first-order valence-corrected chi connectivity index (χ1v) is 9.30. The molecule has 7 heteroatoms. The Morgan fingerprint density at radius 1 is 1.11 bits per heavy atom. The largest absolute Gasteiger partial charge is 0.503 e. The first kappa shape index (κ1) is 20.4. The highest BCUT2D eigenvalue weighted by molar-refractivity contribution is 6.31. The molecule has 3 rings (SSSR count). The molecule has 4 nitrogen and oxygen atoms in total. The Hall–Kier alpha value is -2.37. The van der Waals surface area contributed by atoms with Gasteiger partial charge in [-0.1, -0.05) is 62.2 Å². The van der Waals surface area contributed by atoms with Crippen molar-refractivity contribution in [3.05, 3.63) is 75.2 Å². The summed E-state index contributed by atoms with van der Waals surface area (Å²) in [7, 11) is 0. The van der Waals surface area contributed by atoms with Crippen LogP contribution in [0.4, 0.5) is 10.1 Å². The van der Waals surface area contributed by atoms with Gasteiger partial charge in [0.05, 0.1) is 22.3 Å². The molecule has 1 amide bonds. The van der Waals surface area contributed by atoms with Crippen molar-refractivity contribution >= 4 is 40.6 Å². The lowest BCUT2D eigenvalue weighted by molar-refractivity contribution is -0.123. The molecule has 146 valence electrons. The average Bonchev–Trinajstić information content (AvgIpc) is 2.88. The number of aliphatic hydroxyl groups excluding tert-OH is 1. The molecule has 2 aromatic carbocycles. The standard InChI is InChI=1S/C21H18Cl2FNO3/c1-21(2,3)19(27)15-17(11-7-9-12(22)10-8-11)25(20(28)18(15)26)14-6-4-5-13(23)16(14)24/h4-10,17,26H,1-3H3/t17-/m1/s1. The molecule has 0 fully saturated rings. The Bertz CT molecular complexity index is 994. The lowest BCUT2D eigenvalue weighted by Gasteiger charge is -2.29. The lowest BCUT2D eigenvalue weighted by atomic mass is 9.82. The summed E-state index contributed by atoms with van der Waals surface area (Å²) >= 11 is 11.8. The molecular formula is C21H18Cl2FNO3. The second-order valence-corrected chi connectivity index (χ2v) is 8.39. The number of nitrogens with zero attached hydrogens (tertiary/aromatic N) is 1. The topological polar surface area (TPSA) is 57.6 Å². The van der Waals surface area contributed by atoms with E-state index in [0.717, 1.165) is 4.90 Å². The third-order valence-electron chi connectivity index (χ3n) is 4.51. The summed E-state index contributed by atoms with van der Waals surface area (Å²) in [6, 6.07) is 9.67. The monoisotopic (exact) mass is 421 g/mol. The first-order valence-electron chi connectivity index (χ1n) is 8.55. The van der Waals surface area contributed by atoms with Gasteiger partial charge in [0.15, 0.2) is 17.4 Å². The van der Waals surface area contributed by atoms with Crippen molar-refractivity contribution in [1.82, 2.24) is 0 Å². The molecule has 1 N–H and O–H groups in total. The van der Waals surface area contributed by atoms with Crippen LogP contribution >= 0.6 is 23.2 Å². The SMILES string of the molecule is CC(C)(C)C(=O)C1=C(O)C(=O)N(c2cccc(Cl)c2F)[C@@H]1c1ccc(Cl)cc1. The van der Waals surface area contributed by atoms with Gasteiger partial charge in [-0.2, -0.15) is 0 Å². The van der Waals surface area contributed by atoms with Crippen LogP contribution in [0.1, 0.15) is 32.4 Å². The molecule has 0 aliphatic carbocycles. The van der Waals surface area contributed by atoms with Crippen LogP contribution in [-0.2, 0) is 9.59 Å². The summed E-state index contributed by atoms with van der Waals surface area (Å²) < 4.78 is 14.7. The van der Waals surface area contributed by atoms with Gasteiger partial charge in [-0.05, 0) is 29.8 Å². The molecule has 0 saturated heterocycles. The minimum atomic E-state index is -1.01. The van der Waals surface area contributed by atoms with Crippen molar-refractivity contribution in [2.45, 2.75) is 26.8 Å². The van der Waals surface area contributed by atoms with Crippen LogP contribution in [0, 0.1) is 11.2 Å². The van der Waals surface area contributed by atoms with Gasteiger partial charge in [0.25, 0.3) is 5.91 Å². The molecular weight excluding hydrogens is 404 g/mol. The Morgan fingerprint density at radius 2 is 1.71 bits per heavy atom. The fourth-order valence-electron chi connectivity index (χ4n) is 3.13. The average molecular weight is 422 g/mol. The molecule has 0 aromatic heterocycles. The molecule has 2 aromatic rings. The van der Waals surface area contributed by atoms with Crippen LogP contribution in [0.25, 0.3) is 0 Å². The maximum atomic E-state index is 14.7. The third-order valence-corrected chi connectivity index (χ3v) is 5.05. The third kappa shape index (κ3) is 3.40. The predicted octanol–water partition coefficient (Wildman–Crippen LogP) is 5.65. The minimum Gasteiger partial charge on any atom is -0.503 e. The van der Waals surface area contributed by atoms with Crippen LogP contribution in [-0.4, -0.2) is 16.8 Å². The number of rotatable bonds is 3. The van der Waals surface area contributed by atoms with Crippen molar-refractivity contribution < 1.29 is 19.1 Å². The molecule has 1 heterocycles. The number of benzene rings is 2. The number of hydrogen-bond donors (Lipinski definition) is 1. The number of carbonyl (C=O) groups excluding carboxylic acids is 2. The Labute approximate surface area is 172 Å². The molecule has 1 aliphatic heterocycles. The summed E-state index contributed by atoms with van der Waals surface area (Å²) in [6.45, 7) is 5.05. The van der Waals surface area contributed by atoms with Gasteiger partial charge in [0.2, 0.25) is 0 Å². The summed E-state index contributed by atoms with van der Waals surface area (Å²) in [6.07, 6.45) is 0. The van der Waals surface area contributed by atoms with E-state index in [1.807, 2.05) is 0 Å². The summed E-state index contributed by atoms with van der Waals surface area (Å²) in [4.78, 5) is 27.0. The minimum absolute atomic E-state index is 0.0841. The van der Waals surface area contributed by atoms with Crippen LogP contribution in [0.3, 0.4) is 0 Å². The van der Waals surface area contributed by atoms with Crippen molar-refractivity contribution in [2.75, 3.05) is 4.90 Å². The maximum Gasteiger partial charge on any atom is 0.294 e. The van der Waals surface area contributed by atoms with E-state index in [-0.39, 0.29) is 16.3 Å². The fourth-order valence-corrected chi connectivity index (χ4v) is 3.42. The van der Waals surface area contributed by atoms with Crippen LogP contribution in [0.5, 0.6) is 0 Å². The molecule has 0 radical (unpaired) electrons. The number of aliphatic hydroxyl groups is 1. The Morgan fingerprint density at radius 3 is 2.29 bits per heavy atom. The number of Topliss-reactive ketones (excluding diaryl/α,β-unsaturated/α-hetero) is 1. The van der Waals surface area contributed by atoms with Crippen LogP contribution in [0.2, 0.25) is 10.0 Å². The normalized spacial score (nSPS) is 17.4. The van der Waals surface area contributed by atoms with E-state index in [1.165, 1.54) is 18.2 Å². The smallest absolute Gasteiger partial charge is 0.294 e. The lowest BCUT2D eigenvalue weighted by Crippen LogP contribution is -2.33. The number of halogens is 3. The Balaban J connectivity index is 2.25. The highest BCUT2D eigenvalue weighted by Crippen LogP contribution is 2.44. The van der Waals surface area contributed by atoms with E-state index in [1.54, 1.807) is 45.0 Å². The van der Waals surface area contributed by atoms with E-state index in [2.05, 4.69) is 0 Å². The van der Waals surface area contributed by atoms with Crippen LogP contribution < -0.4 is 4.90 Å². The van der Waals surface area contributed by atoms with Crippen molar-refractivity contribution in [1.29, 1.82) is 0 Å². The number of amides is 1. The summed E-state index contributed by atoms with van der Waals surface area (Å²) in [5.41, 5.74) is -0.564. The van der Waals surface area contributed by atoms with E-state index in [9.17, 15) is 19.1 Å². The quantitative estimate of drug-likeness (QED) is 0.696. The number of hydrogen-bond acceptors (Lipinski definition) is 3. The van der Waals surface area contributed by atoms with E-state index in [0.29, 0.717) is 10.6 Å². The van der Waals surface area contributed by atoms with Crippen molar-refractivity contribution in [3.8, 4) is 0 Å². The second kappa shape index (κ2) is 7.22. The molecule has 0 unspecified atom stereocenters. The molecule has 1 atom stereocenters. The number of ketones is 1. The van der Waals surface area contributed by atoms with Gasteiger partial charge >= 0.3 is 0 Å². The molecule has 0 spiro atoms. The number of anilines is 1. The van der Waals surface area contributed by atoms with E-state index < -0.39 is 34.7 Å². The summed E-state index contributed by atoms with van der Waals surface area (Å²) in [5.74, 6) is -2.79. The van der Waals surface area contributed by atoms with Gasteiger partial charge in [-0.15, -0.1) is 0 Å². The predicted molar refractivity (Wildman–Crippen MR) is 107 cm³/mol. The van der Waals surface area contributed by atoms with Crippen LogP contribution in [0.15, 0.2) is 53.8 Å². The summed E-state index contributed by atoms with van der Waals surface area (Å²) in [5, 5.41) is 10.8. The van der Waals surface area contributed by atoms with E-state index >= 15 is 0 Å². The first-order chi connectivity index (χ1) is 13.0. The van der Waals surface area contributed by atoms with Gasteiger partial charge < -0.3 is 5.11 Å². The second-order valence-electron chi connectivity index (χ2n) is 7.54. The van der Waals surface area contributed by atoms with Gasteiger partial charge in [-0.25, -0.2) is 4.39 Å². The molecule has 1 aliphatic rings. The fraction of sp³-hybridized carbons (Fsp3) is 0.238. The van der Waals surface area contributed by atoms with Crippen molar-refractivity contribution in [2.24, 2.45) is 5.41 Å². The highest BCUT2D eigenvalue weighted by Gasteiger charge is 2.47. The maximum absolute atomic E-state index is 14.7. The van der Waals surface area contributed by atoms with E-state index in [4.69, 9.17) is 23.2 Å². The number of carbonyl (C=O) groups is 2. The van der Waals surface area contributed by atoms with Gasteiger partial charge in [0, 0.05) is 10.4 Å². The molecule has 0 bridgehead atoms. The van der Waals surface area contributed by atoms with Gasteiger partial charge in [-0.3, -0.25) is 14.5 Å². The zero-order chi connectivity index (χ0) is 20.8. The van der Waals surface area contributed by atoms with Gasteiger partial charge in [0.1, 0.15) is 0 Å².